The number of hydrogen-bond donors (Lipinski definition) is 4. The molecule has 0 aliphatic heterocycles. The number of nitrogens with two attached hydrogens (primary N) is 1. The van der Waals surface area contributed by atoms with Crippen LogP contribution in [-0.2, 0) is 4.79 Å². The predicted octanol–water partition coefficient (Wildman–Crippen LogP) is 2.56. The molecule has 0 spiro atoms. The van der Waals surface area contributed by atoms with Crippen LogP contribution in [0.4, 0.5) is 5.82 Å². The fourth-order valence-corrected chi connectivity index (χ4v) is 2.75. The molecule has 0 aliphatic carbocycles. The van der Waals surface area contributed by atoms with Crippen molar-refractivity contribution in [3.63, 3.8) is 0 Å². The Bertz CT molecular complexity index is 911. The Morgan fingerprint density at radius 1 is 1.21 bits per heavy atom. The minimum absolute atomic E-state index is 0.258. The number of aliphatic hydroxyl groups is 1. The Morgan fingerprint density at radius 2 is 1.88 bits per heavy atom. The maximum Gasteiger partial charge on any atom is 0.253 e. The molecule has 6 nitrogen and oxygen atoms in total. The largest absolute Gasteiger partial charge is 0.389 e. The van der Waals surface area contributed by atoms with Crippen molar-refractivity contribution in [2.24, 2.45) is 5.73 Å². The Balaban J connectivity index is 2.08. The van der Waals surface area contributed by atoms with Gasteiger partial charge in [-0.3, -0.25) is 9.59 Å². The first-order chi connectivity index (χ1) is 11.5. The number of rotatable bonds is 5. The first-order valence-electron chi connectivity index (χ1n) is 7.45. The van der Waals surface area contributed by atoms with E-state index in [9.17, 15) is 14.7 Å². The van der Waals surface area contributed by atoms with Crippen LogP contribution in [0.25, 0.3) is 22.0 Å². The molecule has 1 unspecified atom stereocenters. The van der Waals surface area contributed by atoms with Crippen molar-refractivity contribution >= 4 is 29.0 Å². The Hall–Kier alpha value is -3.12. The molecular formula is C18H17N3O3. The zero-order chi connectivity index (χ0) is 17.3. The molecule has 0 bridgehead atoms. The normalized spacial score (nSPS) is 12.1. The van der Waals surface area contributed by atoms with E-state index in [0.717, 1.165) is 16.7 Å². The van der Waals surface area contributed by atoms with Crippen LogP contribution in [0.1, 0.15) is 28.9 Å². The number of anilines is 1. The van der Waals surface area contributed by atoms with Crippen LogP contribution in [0.2, 0.25) is 0 Å². The van der Waals surface area contributed by atoms with Gasteiger partial charge in [0.1, 0.15) is 5.82 Å². The third-order valence-corrected chi connectivity index (χ3v) is 3.97. The van der Waals surface area contributed by atoms with Crippen LogP contribution >= 0.6 is 0 Å². The second-order valence-corrected chi connectivity index (χ2v) is 5.56. The third kappa shape index (κ3) is 2.75. The van der Waals surface area contributed by atoms with Gasteiger partial charge < -0.3 is 21.1 Å². The maximum absolute atomic E-state index is 11.7. The van der Waals surface area contributed by atoms with Gasteiger partial charge in [-0.1, -0.05) is 36.4 Å². The number of primary amides is 1. The van der Waals surface area contributed by atoms with E-state index < -0.39 is 12.0 Å². The van der Waals surface area contributed by atoms with Crippen molar-refractivity contribution < 1.29 is 14.7 Å². The van der Waals surface area contributed by atoms with Gasteiger partial charge in [0.25, 0.3) is 5.91 Å². The highest BCUT2D eigenvalue weighted by molar-refractivity contribution is 6.12. The lowest BCUT2D eigenvalue weighted by atomic mass is 10.0. The van der Waals surface area contributed by atoms with Crippen LogP contribution in [0.3, 0.4) is 0 Å². The molecule has 0 radical (unpaired) electrons. The molecule has 5 N–H and O–H groups in total. The van der Waals surface area contributed by atoms with Gasteiger partial charge in [-0.2, -0.15) is 0 Å². The first kappa shape index (κ1) is 15.8. The lowest BCUT2D eigenvalue weighted by Crippen LogP contribution is -2.13. The molecule has 3 aromatic rings. The maximum atomic E-state index is 11.7. The summed E-state index contributed by atoms with van der Waals surface area (Å²) in [4.78, 5) is 25.4. The van der Waals surface area contributed by atoms with E-state index >= 15 is 0 Å². The summed E-state index contributed by atoms with van der Waals surface area (Å²) in [5, 5.41) is 12.7. The zero-order valence-corrected chi connectivity index (χ0v) is 13.0. The molecule has 1 atom stereocenters. The number of nitrogens with one attached hydrogen (secondary N) is 2. The van der Waals surface area contributed by atoms with Gasteiger partial charge in [0, 0.05) is 10.9 Å². The standard InChI is InChI=1S/C18H17N3O3/c1-10(23)11-2-4-12(5-3-11)13-6-7-14-15(8-13)21-18(20-9-22)16(14)17(19)24/h2-10,21,23H,1H3,(H2,19,24)(H,20,22). The number of fused-ring (bicyclic) bond motifs is 1. The van der Waals surface area contributed by atoms with Gasteiger partial charge in [0.05, 0.1) is 11.7 Å². The number of aromatic nitrogens is 1. The summed E-state index contributed by atoms with van der Waals surface area (Å²) in [6.07, 6.45) is -0.0210. The number of amides is 2. The molecule has 122 valence electrons. The molecule has 6 heteroatoms. The van der Waals surface area contributed by atoms with Gasteiger partial charge in [0.2, 0.25) is 6.41 Å². The lowest BCUT2D eigenvalue weighted by molar-refractivity contribution is -0.105. The van der Waals surface area contributed by atoms with Crippen molar-refractivity contribution in [2.75, 3.05) is 5.32 Å². The van der Waals surface area contributed by atoms with Gasteiger partial charge in [-0.15, -0.1) is 0 Å². The highest BCUT2D eigenvalue weighted by atomic mass is 16.3. The van der Waals surface area contributed by atoms with Gasteiger partial charge >= 0.3 is 0 Å². The number of H-pyrrole nitrogens is 1. The smallest absolute Gasteiger partial charge is 0.253 e. The number of benzene rings is 2. The summed E-state index contributed by atoms with van der Waals surface area (Å²) < 4.78 is 0. The predicted molar refractivity (Wildman–Crippen MR) is 92.6 cm³/mol. The quantitative estimate of drug-likeness (QED) is 0.542. The molecule has 0 saturated carbocycles. The highest BCUT2D eigenvalue weighted by Gasteiger charge is 2.16. The summed E-state index contributed by atoms with van der Waals surface area (Å²) in [6.45, 7) is 1.72. The molecule has 2 amide bonds. The lowest BCUT2D eigenvalue weighted by Gasteiger charge is -2.07. The van der Waals surface area contributed by atoms with E-state index in [1.54, 1.807) is 13.0 Å². The van der Waals surface area contributed by atoms with E-state index in [0.29, 0.717) is 17.3 Å². The van der Waals surface area contributed by atoms with Crippen LogP contribution in [0.15, 0.2) is 42.5 Å². The van der Waals surface area contributed by atoms with E-state index in [2.05, 4.69) is 10.3 Å². The van der Waals surface area contributed by atoms with Crippen molar-refractivity contribution in [3.05, 3.63) is 53.6 Å². The highest BCUT2D eigenvalue weighted by Crippen LogP contribution is 2.30. The second kappa shape index (κ2) is 6.17. The number of hydrogen-bond acceptors (Lipinski definition) is 3. The van der Waals surface area contributed by atoms with E-state index in [-0.39, 0.29) is 11.4 Å². The third-order valence-electron chi connectivity index (χ3n) is 3.97. The first-order valence-corrected chi connectivity index (χ1v) is 7.45. The molecule has 3 rings (SSSR count). The number of carbonyl (C=O) groups excluding carboxylic acids is 2. The molecule has 24 heavy (non-hydrogen) atoms. The van der Waals surface area contributed by atoms with Crippen molar-refractivity contribution in [1.29, 1.82) is 0 Å². The average Bonchev–Trinajstić information content (AvgIpc) is 2.92. The summed E-state index contributed by atoms with van der Waals surface area (Å²) in [6, 6.07) is 13.1. The van der Waals surface area contributed by atoms with E-state index in [1.165, 1.54) is 0 Å². The van der Waals surface area contributed by atoms with Crippen LogP contribution in [0, 0.1) is 0 Å². The Kier molecular flexibility index (Phi) is 4.05. The molecular weight excluding hydrogens is 306 g/mol. The van der Waals surface area contributed by atoms with Gasteiger partial charge in [0.15, 0.2) is 0 Å². The Labute approximate surface area is 138 Å². The van der Waals surface area contributed by atoms with Gasteiger partial charge in [-0.25, -0.2) is 0 Å². The van der Waals surface area contributed by atoms with Crippen molar-refractivity contribution in [2.45, 2.75) is 13.0 Å². The van der Waals surface area contributed by atoms with Crippen LogP contribution in [0.5, 0.6) is 0 Å². The van der Waals surface area contributed by atoms with Crippen molar-refractivity contribution in [1.82, 2.24) is 4.98 Å². The molecule has 2 aromatic carbocycles. The average molecular weight is 323 g/mol. The summed E-state index contributed by atoms with van der Waals surface area (Å²) in [7, 11) is 0. The Morgan fingerprint density at radius 3 is 2.46 bits per heavy atom. The summed E-state index contributed by atoms with van der Waals surface area (Å²) >= 11 is 0. The summed E-state index contributed by atoms with van der Waals surface area (Å²) in [5.74, 6) is -0.325. The number of aromatic amines is 1. The number of aliphatic hydroxyl groups excluding tert-OH is 1. The fourth-order valence-electron chi connectivity index (χ4n) is 2.75. The number of carbonyl (C=O) groups is 2. The second-order valence-electron chi connectivity index (χ2n) is 5.56. The molecule has 0 aliphatic rings. The molecule has 0 saturated heterocycles. The van der Waals surface area contributed by atoms with Crippen molar-refractivity contribution in [3.8, 4) is 11.1 Å². The van der Waals surface area contributed by atoms with Crippen LogP contribution < -0.4 is 11.1 Å². The zero-order valence-electron chi connectivity index (χ0n) is 13.0. The molecule has 0 fully saturated rings. The summed E-state index contributed by atoms with van der Waals surface area (Å²) in [5.41, 5.74) is 9.12. The van der Waals surface area contributed by atoms with Crippen LogP contribution in [-0.4, -0.2) is 22.4 Å². The van der Waals surface area contributed by atoms with E-state index in [4.69, 9.17) is 5.73 Å². The SMILES string of the molecule is CC(O)c1ccc(-c2ccc3c(C(N)=O)c(NC=O)[nH]c3c2)cc1. The van der Waals surface area contributed by atoms with E-state index in [1.807, 2.05) is 36.4 Å². The topological polar surface area (TPSA) is 108 Å². The minimum atomic E-state index is -0.611. The monoisotopic (exact) mass is 323 g/mol. The fraction of sp³-hybridized carbons (Fsp3) is 0.111. The minimum Gasteiger partial charge on any atom is -0.389 e. The molecule has 1 aromatic heterocycles. The molecule has 1 heterocycles. The van der Waals surface area contributed by atoms with Gasteiger partial charge in [-0.05, 0) is 29.7 Å².